The predicted octanol–water partition coefficient (Wildman–Crippen LogP) is 2.63. The number of amides is 1. The van der Waals surface area contributed by atoms with Crippen LogP contribution in [0.5, 0.6) is 5.75 Å². The standard InChI is InChI=1S/C18H21N3O2/c1-13-4-6-15(16(22)10-13)18(23)20-12-14-5-7-17(19-11-14)21-8-2-3-9-21/h4-7,10-11,22H,2-3,8-9,12H2,1H3,(H,20,23). The Morgan fingerprint density at radius 3 is 2.70 bits per heavy atom. The number of pyridine rings is 1. The van der Waals surface area contributed by atoms with E-state index in [2.05, 4.69) is 15.2 Å². The lowest BCUT2D eigenvalue weighted by molar-refractivity contribution is 0.0948. The third-order valence-electron chi connectivity index (χ3n) is 4.09. The normalized spacial score (nSPS) is 14.0. The van der Waals surface area contributed by atoms with Gasteiger partial charge in [0.25, 0.3) is 5.91 Å². The number of aromatic hydroxyl groups is 1. The van der Waals surface area contributed by atoms with Crippen molar-refractivity contribution in [1.29, 1.82) is 0 Å². The van der Waals surface area contributed by atoms with Crippen LogP contribution in [-0.2, 0) is 6.54 Å². The molecule has 1 aliphatic heterocycles. The van der Waals surface area contributed by atoms with Gasteiger partial charge in [-0.15, -0.1) is 0 Å². The number of carbonyl (C=O) groups excluding carboxylic acids is 1. The van der Waals surface area contributed by atoms with Gasteiger partial charge in [0, 0.05) is 25.8 Å². The number of hydrogen-bond acceptors (Lipinski definition) is 4. The van der Waals surface area contributed by atoms with Crippen molar-refractivity contribution in [3.05, 3.63) is 53.2 Å². The van der Waals surface area contributed by atoms with Gasteiger partial charge in [-0.05, 0) is 49.1 Å². The summed E-state index contributed by atoms with van der Waals surface area (Å²) in [5.41, 5.74) is 2.14. The van der Waals surface area contributed by atoms with E-state index in [1.54, 1.807) is 24.4 Å². The molecule has 5 nitrogen and oxygen atoms in total. The predicted molar refractivity (Wildman–Crippen MR) is 89.7 cm³/mol. The van der Waals surface area contributed by atoms with Crippen LogP contribution in [0.15, 0.2) is 36.5 Å². The maximum atomic E-state index is 12.1. The molecule has 1 fully saturated rings. The molecule has 0 bridgehead atoms. The lowest BCUT2D eigenvalue weighted by atomic mass is 10.1. The highest BCUT2D eigenvalue weighted by molar-refractivity contribution is 5.96. The number of benzene rings is 1. The molecule has 0 unspecified atom stereocenters. The quantitative estimate of drug-likeness (QED) is 0.911. The van der Waals surface area contributed by atoms with Crippen LogP contribution in [0.1, 0.15) is 34.3 Å². The molecule has 2 heterocycles. The van der Waals surface area contributed by atoms with Gasteiger partial charge in [0.15, 0.2) is 0 Å². The van der Waals surface area contributed by atoms with Gasteiger partial charge in [-0.3, -0.25) is 4.79 Å². The van der Waals surface area contributed by atoms with Crippen molar-refractivity contribution in [2.45, 2.75) is 26.3 Å². The molecule has 1 saturated heterocycles. The van der Waals surface area contributed by atoms with Crippen molar-refractivity contribution in [2.24, 2.45) is 0 Å². The van der Waals surface area contributed by atoms with Crippen LogP contribution in [0.3, 0.4) is 0 Å². The first-order chi connectivity index (χ1) is 11.1. The number of carbonyl (C=O) groups is 1. The summed E-state index contributed by atoms with van der Waals surface area (Å²) in [5, 5.41) is 12.6. The fraction of sp³-hybridized carbons (Fsp3) is 0.333. The van der Waals surface area contributed by atoms with Crippen molar-refractivity contribution in [2.75, 3.05) is 18.0 Å². The topological polar surface area (TPSA) is 65.5 Å². The van der Waals surface area contributed by atoms with Gasteiger partial charge >= 0.3 is 0 Å². The highest BCUT2D eigenvalue weighted by Crippen LogP contribution is 2.19. The summed E-state index contributed by atoms with van der Waals surface area (Å²) >= 11 is 0. The van der Waals surface area contributed by atoms with Crippen molar-refractivity contribution in [3.63, 3.8) is 0 Å². The summed E-state index contributed by atoms with van der Waals surface area (Å²) in [6.45, 7) is 4.39. The largest absolute Gasteiger partial charge is 0.507 e. The number of phenolic OH excluding ortho intramolecular Hbond substituents is 1. The van der Waals surface area contributed by atoms with E-state index in [0.717, 1.165) is 30.0 Å². The molecule has 23 heavy (non-hydrogen) atoms. The molecule has 2 aromatic rings. The first-order valence-electron chi connectivity index (χ1n) is 7.91. The van der Waals surface area contributed by atoms with E-state index in [9.17, 15) is 9.90 Å². The van der Waals surface area contributed by atoms with Crippen LogP contribution in [0.25, 0.3) is 0 Å². The number of anilines is 1. The average Bonchev–Trinajstić information content (AvgIpc) is 3.07. The second-order valence-electron chi connectivity index (χ2n) is 5.92. The Balaban J connectivity index is 1.60. The first kappa shape index (κ1) is 15.3. The van der Waals surface area contributed by atoms with Crippen LogP contribution in [-0.4, -0.2) is 29.1 Å². The minimum Gasteiger partial charge on any atom is -0.507 e. The van der Waals surface area contributed by atoms with E-state index in [4.69, 9.17) is 0 Å². The lowest BCUT2D eigenvalue weighted by Crippen LogP contribution is -2.23. The summed E-state index contributed by atoms with van der Waals surface area (Å²) in [7, 11) is 0. The Kier molecular flexibility index (Phi) is 4.46. The molecule has 2 N–H and O–H groups in total. The molecular formula is C18H21N3O2. The summed E-state index contributed by atoms with van der Waals surface area (Å²) in [6, 6.07) is 9.00. The number of nitrogens with one attached hydrogen (secondary N) is 1. The van der Waals surface area contributed by atoms with Crippen molar-refractivity contribution >= 4 is 11.7 Å². The van der Waals surface area contributed by atoms with Crippen LogP contribution in [0.4, 0.5) is 5.82 Å². The molecule has 0 aliphatic carbocycles. The SMILES string of the molecule is Cc1ccc(C(=O)NCc2ccc(N3CCCC3)nc2)c(O)c1. The van der Waals surface area contributed by atoms with E-state index < -0.39 is 0 Å². The second-order valence-corrected chi connectivity index (χ2v) is 5.92. The molecule has 120 valence electrons. The highest BCUT2D eigenvalue weighted by Gasteiger charge is 2.14. The number of aryl methyl sites for hydroxylation is 1. The number of nitrogens with zero attached hydrogens (tertiary/aromatic N) is 2. The number of hydrogen-bond donors (Lipinski definition) is 2. The Bertz CT molecular complexity index is 692. The summed E-state index contributed by atoms with van der Waals surface area (Å²) in [4.78, 5) is 18.9. The summed E-state index contributed by atoms with van der Waals surface area (Å²) in [5.74, 6) is 0.713. The van der Waals surface area contributed by atoms with Gasteiger partial charge in [-0.1, -0.05) is 12.1 Å². The molecule has 0 spiro atoms. The minimum atomic E-state index is -0.286. The van der Waals surface area contributed by atoms with E-state index in [-0.39, 0.29) is 17.2 Å². The van der Waals surface area contributed by atoms with Crippen molar-refractivity contribution < 1.29 is 9.90 Å². The molecule has 0 saturated carbocycles. The van der Waals surface area contributed by atoms with Gasteiger partial charge in [0.05, 0.1) is 5.56 Å². The van der Waals surface area contributed by atoms with Crippen molar-refractivity contribution in [3.8, 4) is 5.75 Å². The third-order valence-corrected chi connectivity index (χ3v) is 4.09. The van der Waals surface area contributed by atoms with E-state index >= 15 is 0 Å². The molecule has 3 rings (SSSR count). The van der Waals surface area contributed by atoms with Crippen LogP contribution in [0, 0.1) is 6.92 Å². The minimum absolute atomic E-state index is 0.00464. The molecular weight excluding hydrogens is 290 g/mol. The zero-order valence-corrected chi connectivity index (χ0v) is 13.2. The molecule has 1 aliphatic rings. The highest BCUT2D eigenvalue weighted by atomic mass is 16.3. The zero-order valence-electron chi connectivity index (χ0n) is 13.2. The smallest absolute Gasteiger partial charge is 0.255 e. The van der Waals surface area contributed by atoms with Crippen molar-refractivity contribution in [1.82, 2.24) is 10.3 Å². The van der Waals surface area contributed by atoms with Gasteiger partial charge in [0.2, 0.25) is 0 Å². The fourth-order valence-electron chi connectivity index (χ4n) is 2.77. The first-order valence-corrected chi connectivity index (χ1v) is 7.91. The van der Waals surface area contributed by atoms with Crippen LogP contribution in [0.2, 0.25) is 0 Å². The van der Waals surface area contributed by atoms with Crippen LogP contribution < -0.4 is 10.2 Å². The summed E-state index contributed by atoms with van der Waals surface area (Å²) < 4.78 is 0. The Morgan fingerprint density at radius 1 is 1.26 bits per heavy atom. The molecule has 5 heteroatoms. The number of rotatable bonds is 4. The van der Waals surface area contributed by atoms with Gasteiger partial charge in [0.1, 0.15) is 11.6 Å². The van der Waals surface area contributed by atoms with E-state index in [0.29, 0.717) is 6.54 Å². The second kappa shape index (κ2) is 6.69. The number of aromatic nitrogens is 1. The molecule has 1 aromatic carbocycles. The van der Waals surface area contributed by atoms with Gasteiger partial charge in [-0.2, -0.15) is 0 Å². The molecule has 1 aromatic heterocycles. The monoisotopic (exact) mass is 311 g/mol. The zero-order chi connectivity index (χ0) is 16.2. The number of phenols is 1. The maximum Gasteiger partial charge on any atom is 0.255 e. The molecule has 1 amide bonds. The Morgan fingerprint density at radius 2 is 2.04 bits per heavy atom. The molecule has 0 atom stereocenters. The lowest BCUT2D eigenvalue weighted by Gasteiger charge is -2.16. The van der Waals surface area contributed by atoms with Gasteiger partial charge in [-0.25, -0.2) is 4.98 Å². The maximum absolute atomic E-state index is 12.1. The fourth-order valence-corrected chi connectivity index (χ4v) is 2.77. The van der Waals surface area contributed by atoms with E-state index in [1.807, 2.05) is 19.1 Å². The molecule has 0 radical (unpaired) electrons. The average molecular weight is 311 g/mol. The third kappa shape index (κ3) is 3.62. The summed E-state index contributed by atoms with van der Waals surface area (Å²) in [6.07, 6.45) is 4.24. The Hall–Kier alpha value is -2.56. The van der Waals surface area contributed by atoms with E-state index in [1.165, 1.54) is 12.8 Å². The van der Waals surface area contributed by atoms with Gasteiger partial charge < -0.3 is 15.3 Å². The van der Waals surface area contributed by atoms with Crippen LogP contribution >= 0.6 is 0 Å². The Labute approximate surface area is 136 Å².